The predicted molar refractivity (Wildman–Crippen MR) is 79.3 cm³/mol. The van der Waals surface area contributed by atoms with Gasteiger partial charge in [-0.1, -0.05) is 25.1 Å². The van der Waals surface area contributed by atoms with Gasteiger partial charge in [0.1, 0.15) is 5.76 Å². The Morgan fingerprint density at radius 3 is 2.80 bits per heavy atom. The summed E-state index contributed by atoms with van der Waals surface area (Å²) in [6, 6.07) is 7.92. The molecular formula is C16H18N2O2. The maximum atomic E-state index is 12.5. The summed E-state index contributed by atoms with van der Waals surface area (Å²) in [5, 5.41) is 11.2. The lowest BCUT2D eigenvalue weighted by Crippen LogP contribution is -2.27. The number of fused-ring (bicyclic) bond motifs is 1. The van der Waals surface area contributed by atoms with Crippen molar-refractivity contribution in [2.24, 2.45) is 7.05 Å². The van der Waals surface area contributed by atoms with Crippen molar-refractivity contribution in [3.8, 4) is 0 Å². The SMILES string of the molecule is CCCN1CC(O)=C(c2cn(C)c3ccccc23)C1=O. The first-order valence-corrected chi connectivity index (χ1v) is 6.89. The number of benzene rings is 1. The minimum absolute atomic E-state index is 0.0688. The van der Waals surface area contributed by atoms with Crippen molar-refractivity contribution in [1.82, 2.24) is 9.47 Å². The summed E-state index contributed by atoms with van der Waals surface area (Å²) in [4.78, 5) is 14.2. The molecule has 1 amide bonds. The van der Waals surface area contributed by atoms with E-state index < -0.39 is 0 Å². The highest BCUT2D eigenvalue weighted by atomic mass is 16.3. The van der Waals surface area contributed by atoms with Gasteiger partial charge in [0.15, 0.2) is 0 Å². The second-order valence-corrected chi connectivity index (χ2v) is 5.22. The average molecular weight is 270 g/mol. The summed E-state index contributed by atoms with van der Waals surface area (Å²) in [5.74, 6) is 0.112. The van der Waals surface area contributed by atoms with E-state index in [2.05, 4.69) is 0 Å². The Hall–Kier alpha value is -2.23. The molecule has 3 rings (SSSR count). The quantitative estimate of drug-likeness (QED) is 0.932. The van der Waals surface area contributed by atoms with Crippen LogP contribution in [0.4, 0.5) is 0 Å². The number of carbonyl (C=O) groups excluding carboxylic acids is 1. The molecule has 0 saturated carbocycles. The zero-order chi connectivity index (χ0) is 14.3. The van der Waals surface area contributed by atoms with Crippen molar-refractivity contribution in [3.05, 3.63) is 41.8 Å². The van der Waals surface area contributed by atoms with Crippen LogP contribution in [0.1, 0.15) is 18.9 Å². The summed E-state index contributed by atoms with van der Waals surface area (Å²) in [7, 11) is 1.95. The first-order chi connectivity index (χ1) is 9.63. The van der Waals surface area contributed by atoms with Crippen LogP contribution in [-0.4, -0.2) is 33.6 Å². The second-order valence-electron chi connectivity index (χ2n) is 5.22. The molecule has 0 saturated heterocycles. The largest absolute Gasteiger partial charge is 0.510 e. The number of para-hydroxylation sites is 1. The van der Waals surface area contributed by atoms with Crippen molar-refractivity contribution < 1.29 is 9.90 Å². The van der Waals surface area contributed by atoms with Crippen LogP contribution in [0.5, 0.6) is 0 Å². The van der Waals surface area contributed by atoms with E-state index in [1.807, 2.05) is 49.0 Å². The minimum atomic E-state index is -0.0688. The maximum Gasteiger partial charge on any atom is 0.258 e. The van der Waals surface area contributed by atoms with Gasteiger partial charge in [-0.25, -0.2) is 0 Å². The molecule has 1 aliphatic heterocycles. The Morgan fingerprint density at radius 2 is 2.05 bits per heavy atom. The number of aliphatic hydroxyl groups is 1. The molecule has 0 spiro atoms. The molecule has 104 valence electrons. The summed E-state index contributed by atoms with van der Waals surface area (Å²) in [6.45, 7) is 3.03. The molecule has 2 aromatic rings. The van der Waals surface area contributed by atoms with Crippen LogP contribution < -0.4 is 0 Å². The normalized spacial score (nSPS) is 15.7. The molecule has 1 N–H and O–H groups in total. The number of aryl methyl sites for hydroxylation is 1. The van der Waals surface area contributed by atoms with Gasteiger partial charge >= 0.3 is 0 Å². The number of hydrogen-bond acceptors (Lipinski definition) is 2. The molecule has 0 unspecified atom stereocenters. The lowest BCUT2D eigenvalue weighted by atomic mass is 10.0. The molecule has 0 atom stereocenters. The van der Waals surface area contributed by atoms with Crippen molar-refractivity contribution in [2.75, 3.05) is 13.1 Å². The minimum Gasteiger partial charge on any atom is -0.510 e. The molecule has 1 aliphatic rings. The number of carbonyl (C=O) groups is 1. The Balaban J connectivity index is 2.12. The van der Waals surface area contributed by atoms with Crippen LogP contribution >= 0.6 is 0 Å². The van der Waals surface area contributed by atoms with E-state index in [0.29, 0.717) is 18.7 Å². The van der Waals surface area contributed by atoms with Gasteiger partial charge in [-0.2, -0.15) is 0 Å². The Kier molecular flexibility index (Phi) is 3.01. The second kappa shape index (κ2) is 4.71. The highest BCUT2D eigenvalue weighted by Gasteiger charge is 2.32. The number of hydrogen-bond donors (Lipinski definition) is 1. The summed E-state index contributed by atoms with van der Waals surface area (Å²) in [6.07, 6.45) is 2.81. The average Bonchev–Trinajstić information content (AvgIpc) is 2.90. The first kappa shape index (κ1) is 12.8. The van der Waals surface area contributed by atoms with E-state index in [-0.39, 0.29) is 11.7 Å². The van der Waals surface area contributed by atoms with Crippen LogP contribution in [0.15, 0.2) is 36.2 Å². The molecule has 1 aromatic heterocycles. The lowest BCUT2D eigenvalue weighted by Gasteiger charge is -2.14. The molecule has 20 heavy (non-hydrogen) atoms. The van der Waals surface area contributed by atoms with Crippen molar-refractivity contribution in [2.45, 2.75) is 13.3 Å². The fraction of sp³-hybridized carbons (Fsp3) is 0.312. The molecule has 4 nitrogen and oxygen atoms in total. The fourth-order valence-corrected chi connectivity index (χ4v) is 2.88. The van der Waals surface area contributed by atoms with Crippen LogP contribution in [0.2, 0.25) is 0 Å². The molecule has 0 radical (unpaired) electrons. The monoisotopic (exact) mass is 270 g/mol. The van der Waals surface area contributed by atoms with Crippen LogP contribution in [-0.2, 0) is 11.8 Å². The number of amides is 1. The van der Waals surface area contributed by atoms with E-state index >= 15 is 0 Å². The molecule has 0 bridgehead atoms. The Labute approximate surface area is 117 Å². The highest BCUT2D eigenvalue weighted by molar-refractivity contribution is 6.25. The predicted octanol–water partition coefficient (Wildman–Crippen LogP) is 2.70. The molecule has 1 aromatic carbocycles. The standard InChI is InChI=1S/C16H18N2O2/c1-3-8-18-10-14(19)15(16(18)20)12-9-17(2)13-7-5-4-6-11(12)13/h4-7,9,19H,3,8,10H2,1-2H3. The van der Waals surface area contributed by atoms with E-state index in [1.165, 1.54) is 0 Å². The molecule has 2 heterocycles. The maximum absolute atomic E-state index is 12.5. The van der Waals surface area contributed by atoms with Gasteiger partial charge in [-0.3, -0.25) is 4.79 Å². The number of rotatable bonds is 3. The zero-order valence-electron chi connectivity index (χ0n) is 11.8. The van der Waals surface area contributed by atoms with Gasteiger partial charge in [0, 0.05) is 36.3 Å². The molecule has 0 aliphatic carbocycles. The number of aromatic nitrogens is 1. The van der Waals surface area contributed by atoms with Gasteiger partial charge < -0.3 is 14.6 Å². The van der Waals surface area contributed by atoms with Gasteiger partial charge in [-0.15, -0.1) is 0 Å². The number of nitrogens with zero attached hydrogens (tertiary/aromatic N) is 2. The number of aliphatic hydroxyl groups excluding tert-OH is 1. The van der Waals surface area contributed by atoms with Crippen LogP contribution in [0.25, 0.3) is 16.5 Å². The Morgan fingerprint density at radius 1 is 1.30 bits per heavy atom. The van der Waals surface area contributed by atoms with Gasteiger partial charge in [-0.05, 0) is 12.5 Å². The first-order valence-electron chi connectivity index (χ1n) is 6.89. The zero-order valence-corrected chi connectivity index (χ0v) is 11.8. The summed E-state index contributed by atoms with van der Waals surface area (Å²) in [5.41, 5.74) is 2.34. The fourth-order valence-electron chi connectivity index (χ4n) is 2.88. The Bertz CT molecular complexity index is 712. The molecular weight excluding hydrogens is 252 g/mol. The third-order valence-corrected chi connectivity index (χ3v) is 3.79. The van der Waals surface area contributed by atoms with Gasteiger partial charge in [0.25, 0.3) is 5.91 Å². The van der Waals surface area contributed by atoms with Gasteiger partial charge in [0.05, 0.1) is 12.1 Å². The van der Waals surface area contributed by atoms with Crippen molar-refractivity contribution in [1.29, 1.82) is 0 Å². The summed E-state index contributed by atoms with van der Waals surface area (Å²) >= 11 is 0. The molecule has 4 heteroatoms. The highest BCUT2D eigenvalue weighted by Crippen LogP contribution is 2.33. The van der Waals surface area contributed by atoms with Crippen LogP contribution in [0.3, 0.4) is 0 Å². The molecule has 0 fully saturated rings. The van der Waals surface area contributed by atoms with E-state index in [0.717, 1.165) is 22.9 Å². The van der Waals surface area contributed by atoms with E-state index in [9.17, 15) is 9.90 Å². The third kappa shape index (κ3) is 1.80. The third-order valence-electron chi connectivity index (χ3n) is 3.79. The van der Waals surface area contributed by atoms with Crippen LogP contribution in [0, 0.1) is 0 Å². The van der Waals surface area contributed by atoms with E-state index in [1.54, 1.807) is 4.90 Å². The van der Waals surface area contributed by atoms with Crippen molar-refractivity contribution in [3.63, 3.8) is 0 Å². The lowest BCUT2D eigenvalue weighted by molar-refractivity contribution is -0.123. The summed E-state index contributed by atoms with van der Waals surface area (Å²) < 4.78 is 1.99. The van der Waals surface area contributed by atoms with Gasteiger partial charge in [0.2, 0.25) is 0 Å². The topological polar surface area (TPSA) is 45.5 Å². The smallest absolute Gasteiger partial charge is 0.258 e. The van der Waals surface area contributed by atoms with Crippen molar-refractivity contribution >= 4 is 22.4 Å². The van der Waals surface area contributed by atoms with E-state index in [4.69, 9.17) is 0 Å².